The zero-order chi connectivity index (χ0) is 14.0. The molecular formula is C16H23NOS. The molecule has 0 aliphatic rings. The molecule has 2 rings (SSSR count). The Kier molecular flexibility index (Phi) is 4.48. The second kappa shape index (κ2) is 5.93. The van der Waals surface area contributed by atoms with Gasteiger partial charge in [0.2, 0.25) is 0 Å². The third kappa shape index (κ3) is 2.93. The van der Waals surface area contributed by atoms with Gasteiger partial charge in [-0.15, -0.1) is 11.3 Å². The van der Waals surface area contributed by atoms with Crippen LogP contribution in [0.15, 0.2) is 18.2 Å². The van der Waals surface area contributed by atoms with Crippen LogP contribution in [-0.4, -0.2) is 13.2 Å². The van der Waals surface area contributed by atoms with Crippen LogP contribution in [0.25, 0.3) is 10.1 Å². The molecule has 0 aliphatic heterocycles. The molecule has 0 unspecified atom stereocenters. The minimum absolute atomic E-state index is 0.507. The van der Waals surface area contributed by atoms with Gasteiger partial charge in [0.1, 0.15) is 5.75 Å². The molecule has 0 bridgehead atoms. The van der Waals surface area contributed by atoms with Gasteiger partial charge in [0.15, 0.2) is 0 Å². The lowest BCUT2D eigenvalue weighted by Gasteiger charge is -2.11. The SMILES string of the molecule is COc1cccc2c(C(C)C)c(CNC(C)C)sc12. The lowest BCUT2D eigenvalue weighted by Crippen LogP contribution is -2.21. The van der Waals surface area contributed by atoms with E-state index >= 15 is 0 Å². The van der Waals surface area contributed by atoms with Gasteiger partial charge in [0.05, 0.1) is 11.8 Å². The monoisotopic (exact) mass is 277 g/mol. The van der Waals surface area contributed by atoms with Crippen molar-refractivity contribution in [2.75, 3.05) is 7.11 Å². The fraction of sp³-hybridized carbons (Fsp3) is 0.500. The molecule has 2 nitrogen and oxygen atoms in total. The average molecular weight is 277 g/mol. The van der Waals surface area contributed by atoms with Crippen LogP contribution in [0.4, 0.5) is 0 Å². The van der Waals surface area contributed by atoms with Gasteiger partial charge in [-0.1, -0.05) is 39.8 Å². The standard InChI is InChI=1S/C16H23NOS/c1-10(2)15-12-7-6-8-13(18-5)16(12)19-14(15)9-17-11(3)4/h6-8,10-11,17H,9H2,1-5H3. The number of benzene rings is 1. The molecule has 1 aromatic heterocycles. The first-order chi connectivity index (χ1) is 9.04. The molecule has 0 aliphatic carbocycles. The van der Waals surface area contributed by atoms with Gasteiger partial charge < -0.3 is 10.1 Å². The molecule has 0 atom stereocenters. The zero-order valence-corrected chi connectivity index (χ0v) is 13.2. The Morgan fingerprint density at radius 1 is 1.21 bits per heavy atom. The Balaban J connectivity index is 2.53. The van der Waals surface area contributed by atoms with E-state index in [0.29, 0.717) is 12.0 Å². The molecule has 0 radical (unpaired) electrons. The number of hydrogen-bond donors (Lipinski definition) is 1. The molecule has 0 amide bonds. The van der Waals surface area contributed by atoms with Gasteiger partial charge >= 0.3 is 0 Å². The lowest BCUT2D eigenvalue weighted by molar-refractivity contribution is 0.420. The number of nitrogens with one attached hydrogen (secondary N) is 1. The zero-order valence-electron chi connectivity index (χ0n) is 12.4. The van der Waals surface area contributed by atoms with E-state index in [0.717, 1.165) is 12.3 Å². The summed E-state index contributed by atoms with van der Waals surface area (Å²) in [6.45, 7) is 9.83. The Labute approximate surface area is 119 Å². The fourth-order valence-electron chi connectivity index (χ4n) is 2.38. The van der Waals surface area contributed by atoms with Crippen LogP contribution in [0, 0.1) is 0 Å². The highest BCUT2D eigenvalue weighted by Crippen LogP contribution is 2.40. The third-order valence-corrected chi connectivity index (χ3v) is 4.50. The van der Waals surface area contributed by atoms with Crippen molar-refractivity contribution in [1.82, 2.24) is 5.32 Å². The van der Waals surface area contributed by atoms with E-state index in [-0.39, 0.29) is 0 Å². The maximum absolute atomic E-state index is 5.49. The van der Waals surface area contributed by atoms with E-state index in [1.165, 1.54) is 20.5 Å². The minimum atomic E-state index is 0.507. The Hall–Kier alpha value is -1.06. The highest BCUT2D eigenvalue weighted by molar-refractivity contribution is 7.19. The van der Waals surface area contributed by atoms with Crippen LogP contribution in [0.1, 0.15) is 44.1 Å². The van der Waals surface area contributed by atoms with E-state index in [1.54, 1.807) is 7.11 Å². The molecular weight excluding hydrogens is 254 g/mol. The number of thiophene rings is 1. The largest absolute Gasteiger partial charge is 0.495 e. The molecule has 1 aromatic carbocycles. The predicted molar refractivity (Wildman–Crippen MR) is 84.4 cm³/mol. The second-order valence-corrected chi connectivity index (χ2v) is 6.57. The maximum atomic E-state index is 5.49. The van der Waals surface area contributed by atoms with Crippen LogP contribution in [-0.2, 0) is 6.54 Å². The van der Waals surface area contributed by atoms with Crippen molar-refractivity contribution in [3.63, 3.8) is 0 Å². The highest BCUT2D eigenvalue weighted by Gasteiger charge is 2.17. The van der Waals surface area contributed by atoms with Crippen molar-refractivity contribution in [2.45, 2.75) is 46.2 Å². The van der Waals surface area contributed by atoms with E-state index in [4.69, 9.17) is 4.74 Å². The third-order valence-electron chi connectivity index (χ3n) is 3.26. The summed E-state index contributed by atoms with van der Waals surface area (Å²) in [5, 5.41) is 4.87. The summed E-state index contributed by atoms with van der Waals surface area (Å²) < 4.78 is 6.76. The smallest absolute Gasteiger partial charge is 0.136 e. The van der Waals surface area contributed by atoms with E-state index in [2.05, 4.69) is 45.1 Å². The first-order valence-corrected chi connectivity index (χ1v) is 7.67. The summed E-state index contributed by atoms with van der Waals surface area (Å²) in [7, 11) is 1.75. The minimum Gasteiger partial charge on any atom is -0.495 e. The first-order valence-electron chi connectivity index (χ1n) is 6.86. The fourth-order valence-corrected chi connectivity index (χ4v) is 3.78. The van der Waals surface area contributed by atoms with Crippen molar-refractivity contribution in [3.05, 3.63) is 28.6 Å². The molecule has 0 fully saturated rings. The van der Waals surface area contributed by atoms with Gasteiger partial charge in [-0.05, 0) is 22.9 Å². The molecule has 0 saturated carbocycles. The summed E-state index contributed by atoms with van der Waals surface area (Å²) in [4.78, 5) is 1.43. The second-order valence-electron chi connectivity index (χ2n) is 5.47. The number of ether oxygens (including phenoxy) is 1. The van der Waals surface area contributed by atoms with Crippen LogP contribution < -0.4 is 10.1 Å². The summed E-state index contributed by atoms with van der Waals surface area (Å²) in [6.07, 6.45) is 0. The first kappa shape index (κ1) is 14.4. The Morgan fingerprint density at radius 2 is 1.95 bits per heavy atom. The number of fused-ring (bicyclic) bond motifs is 1. The molecule has 1 heterocycles. The van der Waals surface area contributed by atoms with Crippen molar-refractivity contribution in [1.29, 1.82) is 0 Å². The van der Waals surface area contributed by atoms with E-state index < -0.39 is 0 Å². The molecule has 19 heavy (non-hydrogen) atoms. The quantitative estimate of drug-likeness (QED) is 0.867. The molecule has 3 heteroatoms. The lowest BCUT2D eigenvalue weighted by atomic mass is 9.99. The summed E-state index contributed by atoms with van der Waals surface area (Å²) in [5.41, 5.74) is 1.46. The molecule has 2 aromatic rings. The van der Waals surface area contributed by atoms with Gasteiger partial charge in [-0.25, -0.2) is 0 Å². The number of rotatable bonds is 5. The number of hydrogen-bond acceptors (Lipinski definition) is 3. The van der Waals surface area contributed by atoms with E-state index in [9.17, 15) is 0 Å². The normalized spacial score (nSPS) is 11.7. The highest BCUT2D eigenvalue weighted by atomic mass is 32.1. The van der Waals surface area contributed by atoms with E-state index in [1.807, 2.05) is 17.4 Å². The number of methoxy groups -OCH3 is 1. The summed E-state index contributed by atoms with van der Waals surface area (Å²) >= 11 is 1.86. The molecule has 0 saturated heterocycles. The van der Waals surface area contributed by atoms with Crippen LogP contribution in [0.3, 0.4) is 0 Å². The predicted octanol–water partition coefficient (Wildman–Crippen LogP) is 4.53. The van der Waals surface area contributed by atoms with Gasteiger partial charge in [0, 0.05) is 17.5 Å². The summed E-state index contributed by atoms with van der Waals surface area (Å²) in [6, 6.07) is 6.84. The van der Waals surface area contributed by atoms with Gasteiger partial charge in [-0.2, -0.15) is 0 Å². The van der Waals surface area contributed by atoms with Crippen LogP contribution in [0.2, 0.25) is 0 Å². The van der Waals surface area contributed by atoms with Crippen molar-refractivity contribution in [3.8, 4) is 5.75 Å². The van der Waals surface area contributed by atoms with Crippen molar-refractivity contribution < 1.29 is 4.74 Å². The Bertz CT molecular complexity index is 557. The molecule has 0 spiro atoms. The molecule has 104 valence electrons. The van der Waals surface area contributed by atoms with Crippen LogP contribution in [0.5, 0.6) is 5.75 Å². The van der Waals surface area contributed by atoms with Gasteiger partial charge in [-0.3, -0.25) is 0 Å². The molecule has 1 N–H and O–H groups in total. The van der Waals surface area contributed by atoms with Crippen molar-refractivity contribution >= 4 is 21.4 Å². The van der Waals surface area contributed by atoms with Crippen molar-refractivity contribution in [2.24, 2.45) is 0 Å². The summed E-state index contributed by atoms with van der Waals surface area (Å²) in [5.74, 6) is 1.52. The topological polar surface area (TPSA) is 21.3 Å². The average Bonchev–Trinajstić information content (AvgIpc) is 2.74. The van der Waals surface area contributed by atoms with Crippen LogP contribution >= 0.6 is 11.3 Å². The van der Waals surface area contributed by atoms with Gasteiger partial charge in [0.25, 0.3) is 0 Å². The maximum Gasteiger partial charge on any atom is 0.136 e. The Morgan fingerprint density at radius 3 is 2.53 bits per heavy atom.